The summed E-state index contributed by atoms with van der Waals surface area (Å²) in [5.41, 5.74) is 1.19. The maximum atomic E-state index is 12.5. The minimum atomic E-state index is -0.395. The third-order valence-electron chi connectivity index (χ3n) is 4.41. The summed E-state index contributed by atoms with van der Waals surface area (Å²) in [6.07, 6.45) is 8.88. The first-order valence-electron chi connectivity index (χ1n) is 8.72. The van der Waals surface area contributed by atoms with Crippen molar-refractivity contribution in [2.24, 2.45) is 0 Å². The van der Waals surface area contributed by atoms with Gasteiger partial charge in [-0.1, -0.05) is 56.7 Å². The van der Waals surface area contributed by atoms with E-state index in [0.717, 1.165) is 18.6 Å². The molecule has 0 saturated heterocycles. The molecule has 122 valence electrons. The van der Waals surface area contributed by atoms with E-state index in [4.69, 9.17) is 4.74 Å². The van der Waals surface area contributed by atoms with E-state index in [9.17, 15) is 4.79 Å². The van der Waals surface area contributed by atoms with Gasteiger partial charge in [-0.15, -0.1) is 0 Å². The van der Waals surface area contributed by atoms with Crippen LogP contribution in [0.5, 0.6) is 5.75 Å². The predicted molar refractivity (Wildman–Crippen MR) is 90.1 cm³/mol. The molecule has 0 aliphatic heterocycles. The minimum Gasteiger partial charge on any atom is -0.481 e. The van der Waals surface area contributed by atoms with Crippen molar-refractivity contribution in [2.75, 3.05) is 0 Å². The molecule has 22 heavy (non-hydrogen) atoms. The Kier molecular flexibility index (Phi) is 6.75. The van der Waals surface area contributed by atoms with E-state index in [0.29, 0.717) is 12.5 Å². The number of rotatable bonds is 5. The Labute approximate surface area is 134 Å². The van der Waals surface area contributed by atoms with Crippen molar-refractivity contribution in [3.63, 3.8) is 0 Å². The van der Waals surface area contributed by atoms with Gasteiger partial charge in [-0.25, -0.2) is 0 Å². The van der Waals surface area contributed by atoms with Gasteiger partial charge in [0.15, 0.2) is 6.10 Å². The van der Waals surface area contributed by atoms with Gasteiger partial charge in [0.2, 0.25) is 0 Å². The molecule has 0 aromatic heterocycles. The summed E-state index contributed by atoms with van der Waals surface area (Å²) in [7, 11) is 0. The van der Waals surface area contributed by atoms with Gasteiger partial charge in [0, 0.05) is 6.04 Å². The molecule has 0 unspecified atom stereocenters. The summed E-state index contributed by atoms with van der Waals surface area (Å²) in [5, 5.41) is 3.21. The summed E-state index contributed by atoms with van der Waals surface area (Å²) in [5.74, 6) is 0.805. The van der Waals surface area contributed by atoms with E-state index in [1.165, 1.54) is 37.7 Å². The van der Waals surface area contributed by atoms with E-state index < -0.39 is 6.10 Å². The standard InChI is InChI=1S/C19H29NO2/c1-3-18(22-17-13-11-15(2)12-14-17)19(21)20-16-9-7-5-4-6-8-10-16/h11-14,16,18H,3-10H2,1-2H3,(H,20,21)/t18-/m0/s1. The topological polar surface area (TPSA) is 38.3 Å². The van der Waals surface area contributed by atoms with Gasteiger partial charge in [-0.3, -0.25) is 4.79 Å². The Hall–Kier alpha value is -1.51. The van der Waals surface area contributed by atoms with Gasteiger partial charge in [0.05, 0.1) is 0 Å². The zero-order valence-electron chi connectivity index (χ0n) is 13.9. The fourth-order valence-electron chi connectivity index (χ4n) is 3.00. The fraction of sp³-hybridized carbons (Fsp3) is 0.632. The van der Waals surface area contributed by atoms with Crippen molar-refractivity contribution in [3.05, 3.63) is 29.8 Å². The first kappa shape index (κ1) is 16.9. The van der Waals surface area contributed by atoms with Gasteiger partial charge >= 0.3 is 0 Å². The molecule has 3 nitrogen and oxygen atoms in total. The van der Waals surface area contributed by atoms with Gasteiger partial charge < -0.3 is 10.1 Å². The SMILES string of the molecule is CC[C@H](Oc1ccc(C)cc1)C(=O)NC1CCCCCCC1. The first-order chi connectivity index (χ1) is 10.7. The highest BCUT2D eigenvalue weighted by atomic mass is 16.5. The summed E-state index contributed by atoms with van der Waals surface area (Å²) >= 11 is 0. The van der Waals surface area contributed by atoms with Crippen LogP contribution in [0.15, 0.2) is 24.3 Å². The van der Waals surface area contributed by atoms with Gasteiger partial charge in [-0.2, -0.15) is 0 Å². The highest BCUT2D eigenvalue weighted by Crippen LogP contribution is 2.18. The number of ether oxygens (including phenoxy) is 1. The number of benzene rings is 1. The molecule has 1 aromatic carbocycles. The van der Waals surface area contributed by atoms with Crippen LogP contribution in [0.4, 0.5) is 0 Å². The molecular formula is C19H29NO2. The molecule has 1 aliphatic carbocycles. The maximum Gasteiger partial charge on any atom is 0.261 e. The van der Waals surface area contributed by atoms with Crippen molar-refractivity contribution in [1.82, 2.24) is 5.32 Å². The van der Waals surface area contributed by atoms with E-state index in [-0.39, 0.29) is 5.91 Å². The second kappa shape index (κ2) is 8.82. The highest BCUT2D eigenvalue weighted by molar-refractivity contribution is 5.81. The molecule has 1 N–H and O–H groups in total. The lowest BCUT2D eigenvalue weighted by Gasteiger charge is -2.24. The zero-order valence-corrected chi connectivity index (χ0v) is 13.9. The normalized spacial score (nSPS) is 18.1. The zero-order chi connectivity index (χ0) is 15.8. The largest absolute Gasteiger partial charge is 0.481 e. The monoisotopic (exact) mass is 303 g/mol. The summed E-state index contributed by atoms with van der Waals surface area (Å²) in [6.45, 7) is 4.04. The number of aryl methyl sites for hydroxylation is 1. The molecule has 1 amide bonds. The molecule has 0 bridgehead atoms. The third-order valence-corrected chi connectivity index (χ3v) is 4.41. The van der Waals surface area contributed by atoms with Gasteiger partial charge in [0.25, 0.3) is 5.91 Å². The average Bonchev–Trinajstić information content (AvgIpc) is 2.49. The van der Waals surface area contributed by atoms with Crippen molar-refractivity contribution >= 4 is 5.91 Å². The Morgan fingerprint density at radius 2 is 1.73 bits per heavy atom. The van der Waals surface area contributed by atoms with Crippen LogP contribution in [0.3, 0.4) is 0 Å². The van der Waals surface area contributed by atoms with Crippen molar-refractivity contribution in [2.45, 2.75) is 77.4 Å². The summed E-state index contributed by atoms with van der Waals surface area (Å²) in [4.78, 5) is 12.5. The molecular weight excluding hydrogens is 274 g/mol. The van der Waals surface area contributed by atoms with E-state index in [1.54, 1.807) is 0 Å². The Morgan fingerprint density at radius 3 is 2.32 bits per heavy atom. The van der Waals surface area contributed by atoms with Crippen LogP contribution in [-0.4, -0.2) is 18.1 Å². The van der Waals surface area contributed by atoms with Crippen molar-refractivity contribution in [3.8, 4) is 5.75 Å². The molecule has 0 heterocycles. The molecule has 1 saturated carbocycles. The first-order valence-corrected chi connectivity index (χ1v) is 8.72. The average molecular weight is 303 g/mol. The lowest BCUT2D eigenvalue weighted by molar-refractivity contribution is -0.129. The smallest absolute Gasteiger partial charge is 0.261 e. The number of hydrogen-bond donors (Lipinski definition) is 1. The lowest BCUT2D eigenvalue weighted by atomic mass is 9.96. The van der Waals surface area contributed by atoms with Crippen LogP contribution in [-0.2, 0) is 4.79 Å². The van der Waals surface area contributed by atoms with Crippen LogP contribution in [0.25, 0.3) is 0 Å². The molecule has 2 rings (SSSR count). The number of hydrogen-bond acceptors (Lipinski definition) is 2. The highest BCUT2D eigenvalue weighted by Gasteiger charge is 2.22. The van der Waals surface area contributed by atoms with Gasteiger partial charge in [0.1, 0.15) is 5.75 Å². The maximum absolute atomic E-state index is 12.5. The van der Waals surface area contributed by atoms with Gasteiger partial charge in [-0.05, 0) is 38.3 Å². The quantitative estimate of drug-likeness (QED) is 0.876. The van der Waals surface area contributed by atoms with Crippen molar-refractivity contribution in [1.29, 1.82) is 0 Å². The Bertz CT molecular complexity index is 447. The van der Waals surface area contributed by atoms with E-state index in [1.807, 2.05) is 38.1 Å². The predicted octanol–water partition coefficient (Wildman–Crippen LogP) is 4.38. The lowest BCUT2D eigenvalue weighted by Crippen LogP contribution is -2.43. The number of amides is 1. The number of carbonyl (C=O) groups is 1. The molecule has 1 aliphatic rings. The van der Waals surface area contributed by atoms with E-state index in [2.05, 4.69) is 5.32 Å². The van der Waals surface area contributed by atoms with E-state index >= 15 is 0 Å². The molecule has 0 radical (unpaired) electrons. The Morgan fingerprint density at radius 1 is 1.14 bits per heavy atom. The van der Waals surface area contributed by atoms with Crippen LogP contribution in [0.1, 0.15) is 63.9 Å². The molecule has 3 heteroatoms. The van der Waals surface area contributed by atoms with Crippen molar-refractivity contribution < 1.29 is 9.53 Å². The van der Waals surface area contributed by atoms with Crippen LogP contribution in [0, 0.1) is 6.92 Å². The number of carbonyl (C=O) groups excluding carboxylic acids is 1. The second-order valence-electron chi connectivity index (χ2n) is 6.38. The minimum absolute atomic E-state index is 0.0358. The molecule has 0 spiro atoms. The van der Waals surface area contributed by atoms with Crippen LogP contribution in [0.2, 0.25) is 0 Å². The molecule has 1 atom stereocenters. The van der Waals surface area contributed by atoms with Crippen LogP contribution < -0.4 is 10.1 Å². The summed E-state index contributed by atoms with van der Waals surface area (Å²) < 4.78 is 5.87. The van der Waals surface area contributed by atoms with Crippen LogP contribution >= 0.6 is 0 Å². The fourth-order valence-corrected chi connectivity index (χ4v) is 3.00. The molecule has 1 aromatic rings. The Balaban J connectivity index is 1.88. The molecule has 1 fully saturated rings. The number of nitrogens with one attached hydrogen (secondary N) is 1. The summed E-state index contributed by atoms with van der Waals surface area (Å²) in [6, 6.07) is 8.20. The third kappa shape index (κ3) is 5.36. The second-order valence-corrected chi connectivity index (χ2v) is 6.38.